The normalized spacial score (nSPS) is 19.9. The largest absolute Gasteiger partial charge is 0.494 e. The van der Waals surface area contributed by atoms with Gasteiger partial charge in [0.15, 0.2) is 4.75 Å². The minimum Gasteiger partial charge on any atom is -0.494 e. The number of amides is 1. The molecule has 162 valence electrons. The molecule has 8 nitrogen and oxygen atoms in total. The average molecular weight is 426 g/mol. The molecule has 29 heavy (non-hydrogen) atoms. The summed E-state index contributed by atoms with van der Waals surface area (Å²) in [4.78, 5) is 14.4. The van der Waals surface area contributed by atoms with Gasteiger partial charge < -0.3 is 9.64 Å². The fraction of sp³-hybridized carbons (Fsp3) is 0.650. The molecule has 2 aliphatic rings. The number of sulfonamides is 1. The highest BCUT2D eigenvalue weighted by Crippen LogP contribution is 2.39. The fourth-order valence-corrected chi connectivity index (χ4v) is 6.39. The van der Waals surface area contributed by atoms with Crippen LogP contribution in [0.2, 0.25) is 0 Å². The molecule has 1 saturated heterocycles. The van der Waals surface area contributed by atoms with Gasteiger partial charge in [-0.3, -0.25) is 10.0 Å². The molecule has 1 aliphatic carbocycles. The summed E-state index contributed by atoms with van der Waals surface area (Å²) in [5, 5.41) is 9.10. The number of nitrogens with one attached hydrogen (secondary N) is 1. The molecule has 0 bridgehead atoms. The maximum atomic E-state index is 13.2. The third-order valence-corrected chi connectivity index (χ3v) is 8.59. The van der Waals surface area contributed by atoms with Crippen molar-refractivity contribution in [3.8, 4) is 5.75 Å². The second kappa shape index (κ2) is 9.32. The highest BCUT2D eigenvalue weighted by molar-refractivity contribution is 7.91. The van der Waals surface area contributed by atoms with Crippen LogP contribution in [0.5, 0.6) is 5.75 Å². The Hall–Kier alpha value is -1.84. The molecule has 1 heterocycles. The Bertz CT molecular complexity index is 783. The van der Waals surface area contributed by atoms with Gasteiger partial charge in [0.2, 0.25) is 10.0 Å². The van der Waals surface area contributed by atoms with Crippen LogP contribution >= 0.6 is 0 Å². The van der Waals surface area contributed by atoms with Gasteiger partial charge in [0.1, 0.15) is 5.75 Å². The molecule has 3 rings (SSSR count). The summed E-state index contributed by atoms with van der Waals surface area (Å²) < 4.78 is 32.0. The predicted octanol–water partition coefficient (Wildman–Crippen LogP) is 2.14. The van der Waals surface area contributed by atoms with E-state index in [1.807, 2.05) is 24.3 Å². The van der Waals surface area contributed by atoms with Crippen LogP contribution in [0.1, 0.15) is 45.4 Å². The van der Waals surface area contributed by atoms with Gasteiger partial charge in [0, 0.05) is 31.9 Å². The number of nitrogens with zero attached hydrogens (tertiary/aromatic N) is 2. The van der Waals surface area contributed by atoms with E-state index >= 15 is 0 Å². The standard InChI is InChI=1S/C20H31N3O5S/c1-2-3-16-28-18-8-6-17(7-9-18)22-12-14-23(15-13-22)29(26,27)20(19(24)21-25)10-4-5-11-20/h6-9,25H,2-5,10-16H2,1H3,(H,21,24). The third-order valence-electron chi connectivity index (χ3n) is 5.97. The van der Waals surface area contributed by atoms with Crippen molar-refractivity contribution in [2.75, 3.05) is 37.7 Å². The number of hydroxylamine groups is 1. The number of anilines is 1. The molecule has 2 N–H and O–H groups in total. The minimum atomic E-state index is -3.85. The molecular weight excluding hydrogens is 394 g/mol. The van der Waals surface area contributed by atoms with E-state index in [-0.39, 0.29) is 12.8 Å². The molecule has 0 atom stereocenters. The Balaban J connectivity index is 1.63. The topological polar surface area (TPSA) is 99.2 Å². The van der Waals surface area contributed by atoms with Gasteiger partial charge in [-0.25, -0.2) is 13.9 Å². The Morgan fingerprint density at radius 2 is 1.76 bits per heavy atom. The van der Waals surface area contributed by atoms with Gasteiger partial charge in [-0.15, -0.1) is 0 Å². The molecule has 1 aliphatic heterocycles. The molecule has 1 saturated carbocycles. The van der Waals surface area contributed by atoms with Gasteiger partial charge in [-0.1, -0.05) is 26.2 Å². The average Bonchev–Trinajstić information content (AvgIpc) is 3.26. The first-order valence-corrected chi connectivity index (χ1v) is 11.8. The second-order valence-corrected chi connectivity index (χ2v) is 9.98. The quantitative estimate of drug-likeness (QED) is 0.376. The highest BCUT2D eigenvalue weighted by atomic mass is 32.2. The van der Waals surface area contributed by atoms with Crippen LogP contribution in [0.25, 0.3) is 0 Å². The van der Waals surface area contributed by atoms with Crippen molar-refractivity contribution >= 4 is 21.6 Å². The number of carbonyl (C=O) groups is 1. The van der Waals surface area contributed by atoms with Gasteiger partial charge in [-0.05, 0) is 43.5 Å². The first-order valence-electron chi connectivity index (χ1n) is 10.4. The summed E-state index contributed by atoms with van der Waals surface area (Å²) in [6.07, 6.45) is 3.95. The van der Waals surface area contributed by atoms with Crippen molar-refractivity contribution in [2.24, 2.45) is 0 Å². The lowest BCUT2D eigenvalue weighted by Gasteiger charge is -2.39. The number of rotatable bonds is 8. The van der Waals surface area contributed by atoms with Crippen LogP contribution < -0.4 is 15.1 Å². The number of carbonyl (C=O) groups excluding carboxylic acids is 1. The Labute approximate surface area is 172 Å². The van der Waals surface area contributed by atoms with E-state index in [0.29, 0.717) is 45.6 Å². The van der Waals surface area contributed by atoms with Crippen molar-refractivity contribution in [3.63, 3.8) is 0 Å². The molecule has 9 heteroatoms. The fourth-order valence-electron chi connectivity index (χ4n) is 4.17. The molecule has 0 aromatic heterocycles. The van der Waals surface area contributed by atoms with Crippen LogP contribution in [-0.2, 0) is 14.8 Å². The summed E-state index contributed by atoms with van der Waals surface area (Å²) >= 11 is 0. The van der Waals surface area contributed by atoms with Crippen LogP contribution in [0.4, 0.5) is 5.69 Å². The Kier molecular flexibility index (Phi) is 7.02. The number of hydrogen-bond acceptors (Lipinski definition) is 6. The first-order chi connectivity index (χ1) is 13.9. The highest BCUT2D eigenvalue weighted by Gasteiger charge is 2.55. The van der Waals surface area contributed by atoms with Crippen molar-refractivity contribution < 1.29 is 23.2 Å². The van der Waals surface area contributed by atoms with Crippen molar-refractivity contribution in [1.29, 1.82) is 0 Å². The molecule has 2 fully saturated rings. The van der Waals surface area contributed by atoms with E-state index in [2.05, 4.69) is 11.8 Å². The summed E-state index contributed by atoms with van der Waals surface area (Å²) in [6.45, 7) is 4.56. The number of unbranched alkanes of at least 4 members (excludes halogenated alkanes) is 1. The zero-order valence-electron chi connectivity index (χ0n) is 17.0. The molecule has 1 aromatic rings. The summed E-state index contributed by atoms with van der Waals surface area (Å²) in [6, 6.07) is 7.85. The summed E-state index contributed by atoms with van der Waals surface area (Å²) in [7, 11) is -3.85. The number of hydrogen-bond donors (Lipinski definition) is 2. The van der Waals surface area contributed by atoms with E-state index in [1.165, 1.54) is 4.31 Å². The van der Waals surface area contributed by atoms with Gasteiger partial charge in [-0.2, -0.15) is 4.31 Å². The van der Waals surface area contributed by atoms with Crippen molar-refractivity contribution in [3.05, 3.63) is 24.3 Å². The van der Waals surface area contributed by atoms with Crippen LogP contribution in [0.15, 0.2) is 24.3 Å². The molecule has 0 unspecified atom stereocenters. The Morgan fingerprint density at radius 1 is 1.14 bits per heavy atom. The van der Waals surface area contributed by atoms with E-state index in [1.54, 1.807) is 5.48 Å². The third kappa shape index (κ3) is 4.36. The molecule has 0 radical (unpaired) electrons. The number of piperazine rings is 1. The lowest BCUT2D eigenvalue weighted by molar-refractivity contribution is -0.131. The van der Waals surface area contributed by atoms with Crippen molar-refractivity contribution in [2.45, 2.75) is 50.2 Å². The van der Waals surface area contributed by atoms with Gasteiger partial charge in [0.25, 0.3) is 5.91 Å². The maximum absolute atomic E-state index is 13.2. The molecule has 1 aromatic carbocycles. The number of ether oxygens (including phenoxy) is 1. The lowest BCUT2D eigenvalue weighted by atomic mass is 10.1. The van der Waals surface area contributed by atoms with E-state index < -0.39 is 20.7 Å². The van der Waals surface area contributed by atoms with Crippen LogP contribution in [-0.4, -0.2) is 61.4 Å². The van der Waals surface area contributed by atoms with Crippen molar-refractivity contribution in [1.82, 2.24) is 9.79 Å². The van der Waals surface area contributed by atoms with Crippen LogP contribution in [0.3, 0.4) is 0 Å². The zero-order chi connectivity index (χ0) is 20.9. The SMILES string of the molecule is CCCCOc1ccc(N2CCN(S(=O)(=O)C3(C(=O)NO)CCCC3)CC2)cc1. The second-order valence-electron chi connectivity index (χ2n) is 7.73. The monoisotopic (exact) mass is 425 g/mol. The molecule has 1 amide bonds. The van der Waals surface area contributed by atoms with E-state index in [0.717, 1.165) is 24.3 Å². The van der Waals surface area contributed by atoms with E-state index in [4.69, 9.17) is 9.94 Å². The maximum Gasteiger partial charge on any atom is 0.266 e. The zero-order valence-corrected chi connectivity index (χ0v) is 17.8. The molecular formula is C20H31N3O5S. The van der Waals surface area contributed by atoms with Gasteiger partial charge in [0.05, 0.1) is 6.61 Å². The lowest BCUT2D eigenvalue weighted by Crippen LogP contribution is -2.59. The van der Waals surface area contributed by atoms with Gasteiger partial charge >= 0.3 is 0 Å². The number of benzene rings is 1. The molecule has 0 spiro atoms. The Morgan fingerprint density at radius 3 is 2.31 bits per heavy atom. The first kappa shape index (κ1) is 21.9. The summed E-state index contributed by atoms with van der Waals surface area (Å²) in [5.74, 6) is 0.0256. The summed E-state index contributed by atoms with van der Waals surface area (Å²) in [5.41, 5.74) is 2.61. The van der Waals surface area contributed by atoms with Crippen LogP contribution in [0, 0.1) is 0 Å². The minimum absolute atomic E-state index is 0.251. The predicted molar refractivity (Wildman–Crippen MR) is 111 cm³/mol. The smallest absolute Gasteiger partial charge is 0.266 e. The van der Waals surface area contributed by atoms with E-state index in [9.17, 15) is 13.2 Å².